The second kappa shape index (κ2) is 8.21. The van der Waals surface area contributed by atoms with Gasteiger partial charge in [-0.25, -0.2) is 4.79 Å². The van der Waals surface area contributed by atoms with Crippen LogP contribution in [0.25, 0.3) is 5.69 Å². The second-order valence-electron chi connectivity index (χ2n) is 8.56. The Morgan fingerprint density at radius 1 is 1.06 bits per heavy atom. The first-order valence-corrected chi connectivity index (χ1v) is 10.9. The Kier molecular flexibility index (Phi) is 5.60. The minimum atomic E-state index is -0.826. The molecule has 0 bridgehead atoms. The normalized spacial score (nSPS) is 18.2. The first kappa shape index (κ1) is 21.2. The standard InChI is InChI=1S/C24H29N3O4/c1-16-14-20(17(2)27(16)18-8-10-19(31-3)11-9-18)21(28)15-26-22(29)24(25-23(26)30)12-6-4-5-7-13-24/h8-11,14H,4-7,12-13,15H2,1-3H3,(H,25,30). The second-order valence-corrected chi connectivity index (χ2v) is 8.56. The van der Waals surface area contributed by atoms with Crippen molar-refractivity contribution in [3.05, 3.63) is 47.3 Å². The predicted octanol–water partition coefficient (Wildman–Crippen LogP) is 3.93. The molecule has 2 fully saturated rings. The van der Waals surface area contributed by atoms with Crippen LogP contribution in [0, 0.1) is 13.8 Å². The lowest BCUT2D eigenvalue weighted by Gasteiger charge is -2.24. The molecule has 2 aromatic rings. The SMILES string of the molecule is COc1ccc(-n2c(C)cc(C(=O)CN3C(=O)NC4(CCCCCC4)C3=O)c2C)cc1. The van der Waals surface area contributed by atoms with E-state index in [1.807, 2.05) is 48.7 Å². The summed E-state index contributed by atoms with van der Waals surface area (Å²) >= 11 is 0. The van der Waals surface area contributed by atoms with Crippen LogP contribution >= 0.6 is 0 Å². The minimum absolute atomic E-state index is 0.234. The van der Waals surface area contributed by atoms with Crippen LogP contribution in [0.15, 0.2) is 30.3 Å². The van der Waals surface area contributed by atoms with Gasteiger partial charge in [0.2, 0.25) is 0 Å². The zero-order chi connectivity index (χ0) is 22.2. The molecule has 1 aliphatic carbocycles. The molecule has 7 heteroatoms. The largest absolute Gasteiger partial charge is 0.497 e. The summed E-state index contributed by atoms with van der Waals surface area (Å²) in [6.07, 6.45) is 5.26. The van der Waals surface area contributed by atoms with Gasteiger partial charge in [0.15, 0.2) is 5.78 Å². The van der Waals surface area contributed by atoms with E-state index >= 15 is 0 Å². The number of ether oxygens (including phenoxy) is 1. The van der Waals surface area contributed by atoms with Gasteiger partial charge in [-0.05, 0) is 57.0 Å². The molecule has 164 valence electrons. The number of benzene rings is 1. The number of Topliss-reactive ketones (excluding diaryl/α,β-unsaturated/α-hetero) is 1. The molecule has 0 radical (unpaired) electrons. The topological polar surface area (TPSA) is 80.6 Å². The lowest BCUT2D eigenvalue weighted by atomic mass is 9.90. The van der Waals surface area contributed by atoms with Crippen LogP contribution < -0.4 is 10.1 Å². The van der Waals surface area contributed by atoms with Crippen molar-refractivity contribution in [2.75, 3.05) is 13.7 Å². The summed E-state index contributed by atoms with van der Waals surface area (Å²) in [6.45, 7) is 3.57. The van der Waals surface area contributed by atoms with E-state index in [0.29, 0.717) is 18.4 Å². The van der Waals surface area contributed by atoms with E-state index in [-0.39, 0.29) is 18.2 Å². The maximum Gasteiger partial charge on any atom is 0.325 e. The van der Waals surface area contributed by atoms with Gasteiger partial charge in [0.1, 0.15) is 11.3 Å². The average molecular weight is 424 g/mol. The number of hydrogen-bond acceptors (Lipinski definition) is 4. The van der Waals surface area contributed by atoms with Gasteiger partial charge in [0, 0.05) is 22.6 Å². The summed E-state index contributed by atoms with van der Waals surface area (Å²) in [7, 11) is 1.62. The van der Waals surface area contributed by atoms with E-state index in [1.165, 1.54) is 0 Å². The minimum Gasteiger partial charge on any atom is -0.497 e. The summed E-state index contributed by atoms with van der Waals surface area (Å²) in [4.78, 5) is 40.0. The Morgan fingerprint density at radius 3 is 2.32 bits per heavy atom. The molecule has 0 atom stereocenters. The molecule has 0 unspecified atom stereocenters. The number of nitrogens with zero attached hydrogens (tertiary/aromatic N) is 2. The lowest BCUT2D eigenvalue weighted by molar-refractivity contribution is -0.131. The van der Waals surface area contributed by atoms with Crippen molar-refractivity contribution >= 4 is 17.7 Å². The first-order valence-electron chi connectivity index (χ1n) is 10.9. The predicted molar refractivity (Wildman–Crippen MR) is 117 cm³/mol. The van der Waals surface area contributed by atoms with Crippen molar-refractivity contribution in [1.29, 1.82) is 0 Å². The highest BCUT2D eigenvalue weighted by molar-refractivity contribution is 6.11. The van der Waals surface area contributed by atoms with Crippen LogP contribution in [-0.2, 0) is 4.79 Å². The Hall–Kier alpha value is -3.09. The molecular formula is C24H29N3O4. The highest BCUT2D eigenvalue weighted by atomic mass is 16.5. The molecule has 1 aromatic heterocycles. The summed E-state index contributed by atoms with van der Waals surface area (Å²) in [5, 5.41) is 2.90. The van der Waals surface area contributed by atoms with Crippen molar-refractivity contribution in [2.45, 2.75) is 57.9 Å². The molecule has 2 heterocycles. The van der Waals surface area contributed by atoms with Gasteiger partial charge in [0.25, 0.3) is 5.91 Å². The molecule has 1 saturated carbocycles. The Bertz CT molecular complexity index is 1010. The molecule has 1 aliphatic heterocycles. The number of carbonyl (C=O) groups excluding carboxylic acids is 3. The molecular weight excluding hydrogens is 394 g/mol. The number of nitrogens with one attached hydrogen (secondary N) is 1. The van der Waals surface area contributed by atoms with E-state index in [4.69, 9.17) is 4.74 Å². The third-order valence-corrected chi connectivity index (χ3v) is 6.57. The molecule has 1 aromatic carbocycles. The highest BCUT2D eigenvalue weighted by Crippen LogP contribution is 2.33. The van der Waals surface area contributed by atoms with Crippen molar-refractivity contribution in [2.24, 2.45) is 0 Å². The van der Waals surface area contributed by atoms with Gasteiger partial charge in [0.05, 0.1) is 13.7 Å². The van der Waals surface area contributed by atoms with Gasteiger partial charge in [-0.3, -0.25) is 14.5 Å². The smallest absolute Gasteiger partial charge is 0.325 e. The van der Waals surface area contributed by atoms with Crippen LogP contribution in [0.3, 0.4) is 0 Å². The maximum atomic E-state index is 13.1. The number of aryl methyl sites for hydroxylation is 1. The number of rotatable bonds is 5. The van der Waals surface area contributed by atoms with E-state index < -0.39 is 11.6 Å². The molecule has 1 N–H and O–H groups in total. The summed E-state index contributed by atoms with van der Waals surface area (Å²) in [5.74, 6) is 0.271. The molecule has 3 amide bonds. The number of amides is 3. The summed E-state index contributed by atoms with van der Waals surface area (Å²) < 4.78 is 7.21. The number of hydrogen-bond donors (Lipinski definition) is 1. The van der Waals surface area contributed by atoms with Gasteiger partial charge < -0.3 is 14.6 Å². The van der Waals surface area contributed by atoms with E-state index in [1.54, 1.807) is 7.11 Å². The van der Waals surface area contributed by atoms with Crippen LogP contribution in [0.5, 0.6) is 5.75 Å². The Labute approximate surface area is 182 Å². The monoisotopic (exact) mass is 423 g/mol. The molecule has 7 nitrogen and oxygen atoms in total. The number of urea groups is 1. The number of aromatic nitrogens is 1. The van der Waals surface area contributed by atoms with Gasteiger partial charge in [-0.15, -0.1) is 0 Å². The van der Waals surface area contributed by atoms with Crippen molar-refractivity contribution in [3.8, 4) is 11.4 Å². The molecule has 1 saturated heterocycles. The van der Waals surface area contributed by atoms with Gasteiger partial charge in [-0.1, -0.05) is 25.7 Å². The van der Waals surface area contributed by atoms with E-state index in [2.05, 4.69) is 5.32 Å². The average Bonchev–Trinajstić information content (AvgIpc) is 3.04. The fraction of sp³-hybridized carbons (Fsp3) is 0.458. The number of methoxy groups -OCH3 is 1. The Morgan fingerprint density at radius 2 is 1.71 bits per heavy atom. The fourth-order valence-electron chi connectivity index (χ4n) is 4.89. The highest BCUT2D eigenvalue weighted by Gasteiger charge is 2.51. The number of carbonyl (C=O) groups is 3. The van der Waals surface area contributed by atoms with Crippen LogP contribution in [0.2, 0.25) is 0 Å². The van der Waals surface area contributed by atoms with Crippen molar-refractivity contribution < 1.29 is 19.1 Å². The van der Waals surface area contributed by atoms with E-state index in [9.17, 15) is 14.4 Å². The molecule has 1 spiro atoms. The zero-order valence-corrected chi connectivity index (χ0v) is 18.4. The summed E-state index contributed by atoms with van der Waals surface area (Å²) in [6, 6.07) is 8.97. The maximum absolute atomic E-state index is 13.1. The summed E-state index contributed by atoms with van der Waals surface area (Å²) in [5.41, 5.74) is 2.30. The van der Waals surface area contributed by atoms with Crippen LogP contribution in [0.1, 0.15) is 60.3 Å². The van der Waals surface area contributed by atoms with Crippen LogP contribution in [0.4, 0.5) is 4.79 Å². The number of ketones is 1. The molecule has 4 rings (SSSR count). The molecule has 31 heavy (non-hydrogen) atoms. The van der Waals surface area contributed by atoms with Gasteiger partial charge in [-0.2, -0.15) is 0 Å². The zero-order valence-electron chi connectivity index (χ0n) is 18.4. The lowest BCUT2D eigenvalue weighted by Crippen LogP contribution is -2.46. The van der Waals surface area contributed by atoms with Crippen LogP contribution in [-0.4, -0.2) is 46.4 Å². The third-order valence-electron chi connectivity index (χ3n) is 6.57. The quantitative estimate of drug-likeness (QED) is 0.584. The Balaban J connectivity index is 1.56. The van der Waals surface area contributed by atoms with E-state index in [0.717, 1.165) is 53.4 Å². The van der Waals surface area contributed by atoms with Crippen molar-refractivity contribution in [1.82, 2.24) is 14.8 Å². The molecule has 2 aliphatic rings. The first-order chi connectivity index (χ1) is 14.9. The third kappa shape index (κ3) is 3.73. The fourth-order valence-corrected chi connectivity index (χ4v) is 4.89. The van der Waals surface area contributed by atoms with Crippen molar-refractivity contribution in [3.63, 3.8) is 0 Å². The van der Waals surface area contributed by atoms with Gasteiger partial charge >= 0.3 is 6.03 Å². The number of imide groups is 1.